The molecule has 2 N–H and O–H groups in total. The third-order valence-electron chi connectivity index (χ3n) is 3.43. The molecule has 22 heavy (non-hydrogen) atoms. The van der Waals surface area contributed by atoms with Crippen LogP contribution in [0.3, 0.4) is 0 Å². The van der Waals surface area contributed by atoms with Crippen LogP contribution in [-0.2, 0) is 4.74 Å². The van der Waals surface area contributed by atoms with E-state index in [0.29, 0.717) is 5.92 Å². The Kier molecular flexibility index (Phi) is 6.97. The molecule has 0 bridgehead atoms. The van der Waals surface area contributed by atoms with E-state index in [-0.39, 0.29) is 12.1 Å². The third-order valence-corrected chi connectivity index (χ3v) is 3.43. The van der Waals surface area contributed by atoms with Crippen LogP contribution < -0.4 is 10.6 Å². The zero-order valence-electron chi connectivity index (χ0n) is 14.9. The van der Waals surface area contributed by atoms with Gasteiger partial charge in [0.2, 0.25) is 0 Å². The second-order valence-corrected chi connectivity index (χ2v) is 7.23. The molecule has 1 heterocycles. The summed E-state index contributed by atoms with van der Waals surface area (Å²) >= 11 is 0. The van der Waals surface area contributed by atoms with Gasteiger partial charge < -0.3 is 20.3 Å². The van der Waals surface area contributed by atoms with Crippen LogP contribution in [0.4, 0.5) is 4.79 Å². The maximum atomic E-state index is 11.8. The highest BCUT2D eigenvalue weighted by atomic mass is 16.6. The molecule has 6 heteroatoms. The fraction of sp³-hybridized carbons (Fsp3) is 0.875. The summed E-state index contributed by atoms with van der Waals surface area (Å²) in [4.78, 5) is 18.3. The summed E-state index contributed by atoms with van der Waals surface area (Å²) < 4.78 is 5.30. The molecule has 0 aromatic heterocycles. The van der Waals surface area contributed by atoms with Crippen LogP contribution >= 0.6 is 0 Å². The standard InChI is InChI=1S/C16H32N4O2/c1-12(2)7-9-18-14(17-6)20-10-8-13(11-20)19-15(21)22-16(3,4)5/h12-13H,7-11H2,1-6H3,(H,17,18)(H,19,21). The summed E-state index contributed by atoms with van der Waals surface area (Å²) in [5, 5.41) is 6.32. The zero-order chi connectivity index (χ0) is 16.8. The van der Waals surface area contributed by atoms with Crippen LogP contribution in [0.25, 0.3) is 0 Å². The van der Waals surface area contributed by atoms with Crippen molar-refractivity contribution in [3.8, 4) is 0 Å². The molecule has 128 valence electrons. The number of nitrogens with one attached hydrogen (secondary N) is 2. The van der Waals surface area contributed by atoms with Gasteiger partial charge in [-0.1, -0.05) is 13.8 Å². The number of hydrogen-bond donors (Lipinski definition) is 2. The first kappa shape index (κ1) is 18.6. The van der Waals surface area contributed by atoms with Gasteiger partial charge in [0.15, 0.2) is 5.96 Å². The van der Waals surface area contributed by atoms with Crippen LogP contribution in [0, 0.1) is 5.92 Å². The lowest BCUT2D eigenvalue weighted by Crippen LogP contribution is -2.44. The average Bonchev–Trinajstić information content (AvgIpc) is 2.80. The summed E-state index contributed by atoms with van der Waals surface area (Å²) in [6.45, 7) is 12.6. The quantitative estimate of drug-likeness (QED) is 0.617. The molecular weight excluding hydrogens is 280 g/mol. The molecule has 1 unspecified atom stereocenters. The number of likely N-dealkylation sites (tertiary alicyclic amines) is 1. The first-order chi connectivity index (χ1) is 10.2. The highest BCUT2D eigenvalue weighted by molar-refractivity contribution is 5.80. The van der Waals surface area contributed by atoms with Gasteiger partial charge in [0.05, 0.1) is 6.04 Å². The molecule has 0 aromatic carbocycles. The molecule has 1 atom stereocenters. The molecule has 0 aliphatic carbocycles. The maximum Gasteiger partial charge on any atom is 0.407 e. The summed E-state index contributed by atoms with van der Waals surface area (Å²) in [6.07, 6.45) is 1.68. The van der Waals surface area contributed by atoms with Gasteiger partial charge in [0, 0.05) is 26.7 Å². The predicted molar refractivity (Wildman–Crippen MR) is 90.2 cm³/mol. The monoisotopic (exact) mass is 312 g/mol. The number of carbonyl (C=O) groups excluding carboxylic acids is 1. The van der Waals surface area contributed by atoms with Crippen molar-refractivity contribution in [1.29, 1.82) is 0 Å². The van der Waals surface area contributed by atoms with Crippen LogP contribution in [0.5, 0.6) is 0 Å². The molecule has 0 spiro atoms. The number of guanidine groups is 1. The van der Waals surface area contributed by atoms with Crippen molar-refractivity contribution in [3.05, 3.63) is 0 Å². The summed E-state index contributed by atoms with van der Waals surface area (Å²) in [5.41, 5.74) is -0.461. The molecule has 0 radical (unpaired) electrons. The van der Waals surface area contributed by atoms with Gasteiger partial charge in [0.1, 0.15) is 5.60 Å². The number of aliphatic imine (C=N–C) groups is 1. The number of nitrogens with zero attached hydrogens (tertiary/aromatic N) is 2. The molecule has 6 nitrogen and oxygen atoms in total. The number of rotatable bonds is 4. The van der Waals surface area contributed by atoms with E-state index < -0.39 is 5.60 Å². The molecule has 1 aliphatic rings. The summed E-state index contributed by atoms with van der Waals surface area (Å²) in [5.74, 6) is 1.58. The van der Waals surface area contributed by atoms with Crippen molar-refractivity contribution in [1.82, 2.24) is 15.5 Å². The fourth-order valence-electron chi connectivity index (χ4n) is 2.35. The first-order valence-electron chi connectivity index (χ1n) is 8.16. The largest absolute Gasteiger partial charge is 0.444 e. The van der Waals surface area contributed by atoms with Crippen LogP contribution in [0.15, 0.2) is 4.99 Å². The Morgan fingerprint density at radius 2 is 2.09 bits per heavy atom. The Labute approximate surface area is 134 Å². The molecule has 1 fully saturated rings. The van der Waals surface area contributed by atoms with Crippen LogP contribution in [0.2, 0.25) is 0 Å². The molecule has 1 rings (SSSR count). The van der Waals surface area contributed by atoms with E-state index in [1.807, 2.05) is 20.8 Å². The Morgan fingerprint density at radius 1 is 1.41 bits per heavy atom. The molecular formula is C16H32N4O2. The highest BCUT2D eigenvalue weighted by Crippen LogP contribution is 2.12. The molecule has 1 saturated heterocycles. The predicted octanol–water partition coefficient (Wildman–Crippen LogP) is 2.21. The van der Waals surface area contributed by atoms with E-state index >= 15 is 0 Å². The second kappa shape index (κ2) is 8.25. The van der Waals surface area contributed by atoms with Crippen LogP contribution in [0.1, 0.15) is 47.5 Å². The molecule has 1 aliphatic heterocycles. The van der Waals surface area contributed by atoms with Crippen molar-refractivity contribution < 1.29 is 9.53 Å². The first-order valence-corrected chi connectivity index (χ1v) is 8.16. The van der Waals surface area contributed by atoms with E-state index in [1.165, 1.54) is 0 Å². The maximum absolute atomic E-state index is 11.8. The van der Waals surface area contributed by atoms with Gasteiger partial charge in [0.25, 0.3) is 0 Å². The third kappa shape index (κ3) is 7.00. The van der Waals surface area contributed by atoms with Crippen molar-refractivity contribution >= 4 is 12.1 Å². The smallest absolute Gasteiger partial charge is 0.407 e. The zero-order valence-corrected chi connectivity index (χ0v) is 14.9. The number of hydrogen-bond acceptors (Lipinski definition) is 3. The normalized spacial score (nSPS) is 19.5. The van der Waals surface area contributed by atoms with Crippen LogP contribution in [-0.4, -0.2) is 55.3 Å². The average molecular weight is 312 g/mol. The van der Waals surface area contributed by atoms with Crippen molar-refractivity contribution in [2.75, 3.05) is 26.7 Å². The number of alkyl carbamates (subject to hydrolysis) is 1. The van der Waals surface area contributed by atoms with Crippen molar-refractivity contribution in [3.63, 3.8) is 0 Å². The molecule has 0 saturated carbocycles. The van der Waals surface area contributed by atoms with E-state index in [9.17, 15) is 4.79 Å². The van der Waals surface area contributed by atoms with Gasteiger partial charge >= 0.3 is 6.09 Å². The summed E-state index contributed by atoms with van der Waals surface area (Å²) in [7, 11) is 1.80. The van der Waals surface area contributed by atoms with Gasteiger partial charge in [-0.3, -0.25) is 4.99 Å². The minimum atomic E-state index is -0.461. The lowest BCUT2D eigenvalue weighted by atomic mass is 10.1. The second-order valence-electron chi connectivity index (χ2n) is 7.23. The van der Waals surface area contributed by atoms with E-state index in [1.54, 1.807) is 7.05 Å². The SMILES string of the molecule is CN=C(NCCC(C)C)N1CCC(NC(=O)OC(C)(C)C)C1. The lowest BCUT2D eigenvalue weighted by Gasteiger charge is -2.23. The van der Waals surface area contributed by atoms with Gasteiger partial charge in [-0.05, 0) is 39.5 Å². The lowest BCUT2D eigenvalue weighted by molar-refractivity contribution is 0.0507. The number of amides is 1. The topological polar surface area (TPSA) is 66.0 Å². The Hall–Kier alpha value is -1.46. The number of carbonyl (C=O) groups is 1. The molecule has 1 amide bonds. The fourth-order valence-corrected chi connectivity index (χ4v) is 2.35. The van der Waals surface area contributed by atoms with Gasteiger partial charge in [-0.2, -0.15) is 0 Å². The summed E-state index contributed by atoms with van der Waals surface area (Å²) in [6, 6.07) is 0.110. The van der Waals surface area contributed by atoms with Gasteiger partial charge in [-0.25, -0.2) is 4.79 Å². The van der Waals surface area contributed by atoms with Crippen molar-refractivity contribution in [2.45, 2.75) is 59.1 Å². The Bertz CT molecular complexity index is 388. The van der Waals surface area contributed by atoms with E-state index in [0.717, 1.165) is 38.4 Å². The van der Waals surface area contributed by atoms with Gasteiger partial charge in [-0.15, -0.1) is 0 Å². The minimum Gasteiger partial charge on any atom is -0.444 e. The minimum absolute atomic E-state index is 0.110. The highest BCUT2D eigenvalue weighted by Gasteiger charge is 2.27. The Balaban J connectivity index is 2.39. The Morgan fingerprint density at radius 3 is 2.64 bits per heavy atom. The number of ether oxygens (including phenoxy) is 1. The van der Waals surface area contributed by atoms with E-state index in [4.69, 9.17) is 4.74 Å². The van der Waals surface area contributed by atoms with E-state index in [2.05, 4.69) is 34.4 Å². The van der Waals surface area contributed by atoms with Crippen molar-refractivity contribution in [2.24, 2.45) is 10.9 Å². The molecule has 0 aromatic rings.